The maximum absolute atomic E-state index is 9.16. The Morgan fingerprint density at radius 1 is 1.43 bits per heavy atom. The van der Waals surface area contributed by atoms with Crippen LogP contribution >= 0.6 is 0 Å². The third-order valence-corrected chi connectivity index (χ3v) is 3.74. The average Bonchev–Trinajstić information content (AvgIpc) is 2.79. The van der Waals surface area contributed by atoms with Crippen LogP contribution < -0.4 is 0 Å². The molecule has 14 heavy (non-hydrogen) atoms. The van der Waals surface area contributed by atoms with Gasteiger partial charge in [-0.2, -0.15) is 0 Å². The van der Waals surface area contributed by atoms with E-state index < -0.39 is 0 Å². The summed E-state index contributed by atoms with van der Waals surface area (Å²) >= 11 is 0. The van der Waals surface area contributed by atoms with E-state index in [9.17, 15) is 0 Å². The van der Waals surface area contributed by atoms with E-state index in [0.29, 0.717) is 24.7 Å². The van der Waals surface area contributed by atoms with Gasteiger partial charge in [-0.05, 0) is 38.6 Å². The summed E-state index contributed by atoms with van der Waals surface area (Å²) in [5.41, 5.74) is 0. The number of aliphatic hydroxyl groups excluding tert-OH is 1. The van der Waals surface area contributed by atoms with Crippen LogP contribution in [0.1, 0.15) is 26.2 Å². The second kappa shape index (κ2) is 4.60. The molecule has 2 aliphatic heterocycles. The Labute approximate surface area is 86.0 Å². The van der Waals surface area contributed by atoms with Crippen molar-refractivity contribution in [2.75, 3.05) is 26.3 Å². The van der Waals surface area contributed by atoms with E-state index in [-0.39, 0.29) is 0 Å². The van der Waals surface area contributed by atoms with Crippen molar-refractivity contribution in [1.29, 1.82) is 0 Å². The Kier molecular flexibility index (Phi) is 3.42. The standard InChI is InChI=1S/C11H21NO2/c1-9-10(8-13)4-5-12(9)7-11-3-2-6-14-11/h9-11,13H,2-8H2,1H3. The highest BCUT2D eigenvalue weighted by atomic mass is 16.5. The fraction of sp³-hybridized carbons (Fsp3) is 1.00. The van der Waals surface area contributed by atoms with E-state index in [1.54, 1.807) is 0 Å². The highest BCUT2D eigenvalue weighted by Crippen LogP contribution is 2.25. The summed E-state index contributed by atoms with van der Waals surface area (Å²) in [4.78, 5) is 2.47. The Hall–Kier alpha value is -0.120. The van der Waals surface area contributed by atoms with Gasteiger partial charge in [0.15, 0.2) is 0 Å². The van der Waals surface area contributed by atoms with Crippen molar-refractivity contribution in [3.63, 3.8) is 0 Å². The normalized spacial score (nSPS) is 39.4. The number of aliphatic hydroxyl groups is 1. The predicted molar refractivity (Wildman–Crippen MR) is 55.2 cm³/mol. The first kappa shape index (κ1) is 10.4. The molecule has 0 aromatic carbocycles. The third-order valence-electron chi connectivity index (χ3n) is 3.74. The quantitative estimate of drug-likeness (QED) is 0.732. The first-order chi connectivity index (χ1) is 6.81. The number of likely N-dealkylation sites (tertiary alicyclic amines) is 1. The van der Waals surface area contributed by atoms with Crippen LogP contribution in [0, 0.1) is 5.92 Å². The Morgan fingerprint density at radius 2 is 2.29 bits per heavy atom. The molecular weight excluding hydrogens is 178 g/mol. The summed E-state index contributed by atoms with van der Waals surface area (Å²) in [7, 11) is 0. The molecule has 0 bridgehead atoms. The van der Waals surface area contributed by atoms with Crippen LogP contribution in [0.5, 0.6) is 0 Å². The van der Waals surface area contributed by atoms with Crippen molar-refractivity contribution in [3.05, 3.63) is 0 Å². The highest BCUT2D eigenvalue weighted by Gasteiger charge is 2.32. The molecule has 0 amide bonds. The van der Waals surface area contributed by atoms with Crippen molar-refractivity contribution in [3.8, 4) is 0 Å². The molecule has 0 aromatic rings. The number of hydrogen-bond acceptors (Lipinski definition) is 3. The number of hydrogen-bond donors (Lipinski definition) is 1. The molecule has 2 heterocycles. The molecule has 2 saturated heterocycles. The molecule has 82 valence electrons. The average molecular weight is 199 g/mol. The SMILES string of the molecule is CC1C(CO)CCN1CC1CCCO1. The largest absolute Gasteiger partial charge is 0.396 e. The minimum absolute atomic E-state index is 0.336. The van der Waals surface area contributed by atoms with Gasteiger partial charge >= 0.3 is 0 Å². The van der Waals surface area contributed by atoms with Crippen molar-refractivity contribution in [2.45, 2.75) is 38.3 Å². The topological polar surface area (TPSA) is 32.7 Å². The fourth-order valence-corrected chi connectivity index (χ4v) is 2.63. The molecule has 2 rings (SSSR count). The van der Waals surface area contributed by atoms with Crippen LogP contribution in [-0.2, 0) is 4.74 Å². The van der Waals surface area contributed by atoms with Crippen LogP contribution in [0.2, 0.25) is 0 Å². The second-order valence-electron chi connectivity index (χ2n) is 4.60. The molecule has 1 N–H and O–H groups in total. The molecule has 2 fully saturated rings. The zero-order chi connectivity index (χ0) is 9.97. The molecule has 3 atom stereocenters. The van der Waals surface area contributed by atoms with E-state index in [2.05, 4.69) is 11.8 Å². The van der Waals surface area contributed by atoms with Crippen LogP contribution in [-0.4, -0.2) is 48.5 Å². The van der Waals surface area contributed by atoms with Gasteiger partial charge < -0.3 is 9.84 Å². The molecular formula is C11H21NO2. The maximum Gasteiger partial charge on any atom is 0.0702 e. The van der Waals surface area contributed by atoms with Crippen LogP contribution in [0.4, 0.5) is 0 Å². The second-order valence-corrected chi connectivity index (χ2v) is 4.60. The Morgan fingerprint density at radius 3 is 2.86 bits per heavy atom. The minimum Gasteiger partial charge on any atom is -0.396 e. The lowest BCUT2D eigenvalue weighted by atomic mass is 10.0. The van der Waals surface area contributed by atoms with Crippen LogP contribution in [0.15, 0.2) is 0 Å². The summed E-state index contributed by atoms with van der Waals surface area (Å²) < 4.78 is 5.63. The van der Waals surface area contributed by atoms with E-state index >= 15 is 0 Å². The van der Waals surface area contributed by atoms with Crippen molar-refractivity contribution < 1.29 is 9.84 Å². The van der Waals surface area contributed by atoms with Gasteiger partial charge in [0.2, 0.25) is 0 Å². The van der Waals surface area contributed by atoms with Gasteiger partial charge in [-0.15, -0.1) is 0 Å². The first-order valence-electron chi connectivity index (χ1n) is 5.77. The van der Waals surface area contributed by atoms with E-state index in [0.717, 1.165) is 26.1 Å². The van der Waals surface area contributed by atoms with Gasteiger partial charge in [0, 0.05) is 25.8 Å². The summed E-state index contributed by atoms with van der Waals surface area (Å²) in [6.07, 6.45) is 4.03. The molecule has 0 aromatic heterocycles. The molecule has 0 spiro atoms. The van der Waals surface area contributed by atoms with E-state index in [1.165, 1.54) is 12.8 Å². The Balaban J connectivity index is 1.80. The number of ether oxygens (including phenoxy) is 1. The molecule has 3 heteroatoms. The van der Waals surface area contributed by atoms with E-state index in [1.807, 2.05) is 0 Å². The highest BCUT2D eigenvalue weighted by molar-refractivity contribution is 4.85. The van der Waals surface area contributed by atoms with Crippen LogP contribution in [0.3, 0.4) is 0 Å². The van der Waals surface area contributed by atoms with E-state index in [4.69, 9.17) is 9.84 Å². The van der Waals surface area contributed by atoms with Crippen molar-refractivity contribution in [2.24, 2.45) is 5.92 Å². The van der Waals surface area contributed by atoms with Crippen LogP contribution in [0.25, 0.3) is 0 Å². The Bertz CT molecular complexity index is 180. The predicted octanol–water partition coefficient (Wildman–Crippen LogP) is 0.868. The molecule has 2 aliphatic rings. The smallest absolute Gasteiger partial charge is 0.0702 e. The lowest BCUT2D eigenvalue weighted by Crippen LogP contribution is -2.37. The van der Waals surface area contributed by atoms with Gasteiger partial charge in [0.1, 0.15) is 0 Å². The number of rotatable bonds is 3. The van der Waals surface area contributed by atoms with Gasteiger partial charge in [0.25, 0.3) is 0 Å². The van der Waals surface area contributed by atoms with Crippen molar-refractivity contribution >= 4 is 0 Å². The monoisotopic (exact) mass is 199 g/mol. The molecule has 0 radical (unpaired) electrons. The van der Waals surface area contributed by atoms with Gasteiger partial charge in [-0.1, -0.05) is 0 Å². The molecule has 3 nitrogen and oxygen atoms in total. The zero-order valence-electron chi connectivity index (χ0n) is 8.98. The summed E-state index contributed by atoms with van der Waals surface area (Å²) in [5, 5.41) is 9.16. The van der Waals surface area contributed by atoms with Crippen molar-refractivity contribution in [1.82, 2.24) is 4.90 Å². The maximum atomic E-state index is 9.16. The summed E-state index contributed by atoms with van der Waals surface area (Å²) in [6.45, 7) is 5.70. The lowest BCUT2D eigenvalue weighted by molar-refractivity contribution is 0.0649. The molecule has 0 saturated carbocycles. The lowest BCUT2D eigenvalue weighted by Gasteiger charge is -2.26. The van der Waals surface area contributed by atoms with Gasteiger partial charge in [-0.25, -0.2) is 0 Å². The first-order valence-corrected chi connectivity index (χ1v) is 5.77. The van der Waals surface area contributed by atoms with Gasteiger partial charge in [0.05, 0.1) is 6.10 Å². The number of nitrogens with zero attached hydrogens (tertiary/aromatic N) is 1. The minimum atomic E-state index is 0.336. The zero-order valence-corrected chi connectivity index (χ0v) is 8.98. The van der Waals surface area contributed by atoms with Gasteiger partial charge in [-0.3, -0.25) is 4.90 Å². The summed E-state index contributed by atoms with van der Waals surface area (Å²) in [5.74, 6) is 0.483. The molecule has 0 aliphatic carbocycles. The molecule has 3 unspecified atom stereocenters. The fourth-order valence-electron chi connectivity index (χ4n) is 2.63. The third kappa shape index (κ3) is 2.10. The summed E-state index contributed by atoms with van der Waals surface area (Å²) in [6, 6.07) is 0.532.